The van der Waals surface area contributed by atoms with Crippen LogP contribution in [0.2, 0.25) is 0 Å². The Labute approximate surface area is 115 Å². The summed E-state index contributed by atoms with van der Waals surface area (Å²) in [5.74, 6) is -1.27. The lowest BCUT2D eigenvalue weighted by Gasteiger charge is -2.20. The Morgan fingerprint density at radius 1 is 1.45 bits per heavy atom. The molecule has 2 aromatic rings. The first-order chi connectivity index (χ1) is 9.58. The first kappa shape index (κ1) is 12.7. The summed E-state index contributed by atoms with van der Waals surface area (Å²) in [6.07, 6.45) is 1.21. The molecule has 1 unspecified atom stereocenters. The van der Waals surface area contributed by atoms with Crippen LogP contribution in [-0.2, 0) is 4.79 Å². The Morgan fingerprint density at radius 2 is 2.25 bits per heavy atom. The molecule has 3 rings (SSSR count). The summed E-state index contributed by atoms with van der Waals surface area (Å²) < 4.78 is 0. The molecule has 0 spiro atoms. The highest BCUT2D eigenvalue weighted by Gasteiger charge is 2.35. The molecule has 6 heteroatoms. The third kappa shape index (κ3) is 1.93. The van der Waals surface area contributed by atoms with Crippen LogP contribution in [0.15, 0.2) is 18.2 Å². The standard InChI is InChI=1S/C14H15N3O3/c1-8-4-5-10-9(7-8)12(16-15-10)13(18)17-6-2-3-11(17)14(19)20/h4-5,7,11H,2-3,6H2,1H3,(H,15,16)(H,19,20). The normalized spacial score (nSPS) is 18.6. The minimum absolute atomic E-state index is 0.303. The molecule has 1 aliphatic heterocycles. The van der Waals surface area contributed by atoms with Gasteiger partial charge in [0.05, 0.1) is 5.52 Å². The van der Waals surface area contributed by atoms with Crippen LogP contribution >= 0.6 is 0 Å². The van der Waals surface area contributed by atoms with Crippen molar-refractivity contribution >= 4 is 22.8 Å². The van der Waals surface area contributed by atoms with Gasteiger partial charge in [0.15, 0.2) is 5.69 Å². The lowest BCUT2D eigenvalue weighted by molar-refractivity contribution is -0.141. The van der Waals surface area contributed by atoms with E-state index in [0.717, 1.165) is 16.5 Å². The molecule has 0 aliphatic carbocycles. The summed E-state index contributed by atoms with van der Waals surface area (Å²) in [4.78, 5) is 25.1. The van der Waals surface area contributed by atoms with Crippen molar-refractivity contribution in [3.05, 3.63) is 29.5 Å². The zero-order valence-electron chi connectivity index (χ0n) is 11.1. The van der Waals surface area contributed by atoms with E-state index in [2.05, 4.69) is 10.2 Å². The van der Waals surface area contributed by atoms with E-state index in [4.69, 9.17) is 5.11 Å². The van der Waals surface area contributed by atoms with Crippen molar-refractivity contribution in [2.75, 3.05) is 6.54 Å². The summed E-state index contributed by atoms with van der Waals surface area (Å²) in [7, 11) is 0. The number of amides is 1. The summed E-state index contributed by atoms with van der Waals surface area (Å²) >= 11 is 0. The third-order valence-corrected chi connectivity index (χ3v) is 3.72. The Kier molecular flexibility index (Phi) is 2.93. The minimum Gasteiger partial charge on any atom is -0.480 e. The minimum atomic E-state index is -0.952. The smallest absolute Gasteiger partial charge is 0.326 e. The molecule has 0 saturated carbocycles. The fourth-order valence-electron chi connectivity index (χ4n) is 2.69. The maximum atomic E-state index is 12.5. The molecule has 0 radical (unpaired) electrons. The number of carboxylic acid groups (broad SMARTS) is 1. The van der Waals surface area contributed by atoms with Crippen molar-refractivity contribution in [3.63, 3.8) is 0 Å². The largest absolute Gasteiger partial charge is 0.480 e. The van der Waals surface area contributed by atoms with Crippen molar-refractivity contribution in [2.24, 2.45) is 0 Å². The Morgan fingerprint density at radius 3 is 3.00 bits per heavy atom. The average Bonchev–Trinajstić information content (AvgIpc) is 3.04. The second-order valence-electron chi connectivity index (χ2n) is 5.12. The zero-order chi connectivity index (χ0) is 14.3. The van der Waals surface area contributed by atoms with Gasteiger partial charge in [0.25, 0.3) is 5.91 Å². The zero-order valence-corrected chi connectivity index (χ0v) is 11.1. The van der Waals surface area contributed by atoms with Crippen LogP contribution in [0.3, 0.4) is 0 Å². The number of aromatic nitrogens is 2. The monoisotopic (exact) mass is 273 g/mol. The van der Waals surface area contributed by atoms with Crippen LogP contribution < -0.4 is 0 Å². The van der Waals surface area contributed by atoms with Crippen LogP contribution in [0.25, 0.3) is 10.9 Å². The molecule has 1 atom stereocenters. The number of aryl methyl sites for hydroxylation is 1. The molecule has 1 aliphatic rings. The van der Waals surface area contributed by atoms with Gasteiger partial charge in [-0.2, -0.15) is 5.10 Å². The van der Waals surface area contributed by atoms with Gasteiger partial charge in [0.2, 0.25) is 0 Å². The highest BCUT2D eigenvalue weighted by molar-refractivity contribution is 6.06. The molecule has 0 bridgehead atoms. The number of aliphatic carboxylic acids is 1. The first-order valence-corrected chi connectivity index (χ1v) is 6.56. The van der Waals surface area contributed by atoms with Crippen LogP contribution in [-0.4, -0.2) is 44.7 Å². The number of hydrogen-bond donors (Lipinski definition) is 2. The van der Waals surface area contributed by atoms with Crippen molar-refractivity contribution in [3.8, 4) is 0 Å². The molecule has 20 heavy (non-hydrogen) atoms. The van der Waals surface area contributed by atoms with E-state index in [1.165, 1.54) is 4.90 Å². The number of carbonyl (C=O) groups is 2. The Hall–Kier alpha value is -2.37. The van der Waals surface area contributed by atoms with Gasteiger partial charge in [-0.1, -0.05) is 11.6 Å². The number of nitrogens with one attached hydrogen (secondary N) is 1. The summed E-state index contributed by atoms with van der Waals surface area (Å²) in [6, 6.07) is 4.95. The number of hydrogen-bond acceptors (Lipinski definition) is 3. The number of fused-ring (bicyclic) bond motifs is 1. The van der Waals surface area contributed by atoms with Gasteiger partial charge in [-0.15, -0.1) is 0 Å². The number of carboxylic acids is 1. The average molecular weight is 273 g/mol. The molecule has 2 N–H and O–H groups in total. The molecule has 1 aromatic carbocycles. The number of H-pyrrole nitrogens is 1. The van der Waals surface area contributed by atoms with E-state index in [9.17, 15) is 9.59 Å². The molecular weight excluding hydrogens is 258 g/mol. The van der Waals surface area contributed by atoms with Crippen LogP contribution in [0.1, 0.15) is 28.9 Å². The topological polar surface area (TPSA) is 86.3 Å². The van der Waals surface area contributed by atoms with Gasteiger partial charge < -0.3 is 10.0 Å². The quantitative estimate of drug-likeness (QED) is 0.869. The van der Waals surface area contributed by atoms with Crippen molar-refractivity contribution in [2.45, 2.75) is 25.8 Å². The number of rotatable bonds is 2. The SMILES string of the molecule is Cc1ccc2[nH]nc(C(=O)N3CCCC3C(=O)O)c2c1. The van der Waals surface area contributed by atoms with E-state index >= 15 is 0 Å². The van der Waals surface area contributed by atoms with Crippen LogP contribution in [0.5, 0.6) is 0 Å². The molecule has 6 nitrogen and oxygen atoms in total. The molecule has 1 aromatic heterocycles. The predicted octanol–water partition coefficient (Wildman–Crippen LogP) is 1.56. The van der Waals surface area contributed by atoms with Gasteiger partial charge in [-0.3, -0.25) is 9.89 Å². The fourth-order valence-corrected chi connectivity index (χ4v) is 2.69. The lowest BCUT2D eigenvalue weighted by Crippen LogP contribution is -2.40. The van der Waals surface area contributed by atoms with E-state index in [1.54, 1.807) is 0 Å². The summed E-state index contributed by atoms with van der Waals surface area (Å²) in [5.41, 5.74) is 2.12. The van der Waals surface area contributed by atoms with Crippen molar-refractivity contribution < 1.29 is 14.7 Å². The Balaban J connectivity index is 2.00. The van der Waals surface area contributed by atoms with E-state index < -0.39 is 12.0 Å². The van der Waals surface area contributed by atoms with Gasteiger partial charge >= 0.3 is 5.97 Å². The van der Waals surface area contributed by atoms with E-state index in [0.29, 0.717) is 25.1 Å². The molecule has 104 valence electrons. The molecule has 2 heterocycles. The second kappa shape index (κ2) is 4.63. The molecule has 1 saturated heterocycles. The van der Waals surface area contributed by atoms with Gasteiger partial charge in [0.1, 0.15) is 6.04 Å². The molecule has 1 fully saturated rings. The van der Waals surface area contributed by atoms with Gasteiger partial charge in [-0.05, 0) is 31.9 Å². The van der Waals surface area contributed by atoms with Gasteiger partial charge in [0, 0.05) is 11.9 Å². The Bertz CT molecular complexity index is 692. The maximum absolute atomic E-state index is 12.5. The van der Waals surface area contributed by atoms with Crippen molar-refractivity contribution in [1.82, 2.24) is 15.1 Å². The second-order valence-corrected chi connectivity index (χ2v) is 5.12. The number of aromatic amines is 1. The summed E-state index contributed by atoms with van der Waals surface area (Å²) in [5, 5.41) is 16.8. The molecular formula is C14H15N3O3. The fraction of sp³-hybridized carbons (Fsp3) is 0.357. The number of benzene rings is 1. The summed E-state index contributed by atoms with van der Waals surface area (Å²) in [6.45, 7) is 2.41. The highest BCUT2D eigenvalue weighted by Crippen LogP contribution is 2.24. The van der Waals surface area contributed by atoms with E-state index in [1.807, 2.05) is 25.1 Å². The number of carbonyl (C=O) groups excluding carboxylic acids is 1. The van der Waals surface area contributed by atoms with E-state index in [-0.39, 0.29) is 5.91 Å². The van der Waals surface area contributed by atoms with Crippen LogP contribution in [0.4, 0.5) is 0 Å². The van der Waals surface area contributed by atoms with Crippen LogP contribution in [0, 0.1) is 6.92 Å². The lowest BCUT2D eigenvalue weighted by atomic mass is 10.1. The predicted molar refractivity (Wildman–Crippen MR) is 72.5 cm³/mol. The number of nitrogens with zero attached hydrogens (tertiary/aromatic N) is 2. The number of likely N-dealkylation sites (tertiary alicyclic amines) is 1. The first-order valence-electron chi connectivity index (χ1n) is 6.56. The third-order valence-electron chi connectivity index (χ3n) is 3.72. The van der Waals surface area contributed by atoms with Crippen molar-refractivity contribution in [1.29, 1.82) is 0 Å². The molecule has 1 amide bonds. The van der Waals surface area contributed by atoms with Gasteiger partial charge in [-0.25, -0.2) is 4.79 Å². The highest BCUT2D eigenvalue weighted by atomic mass is 16.4. The maximum Gasteiger partial charge on any atom is 0.326 e.